The number of carbonyl (C=O) groups excluding carboxylic acids is 1. The molecule has 1 atom stereocenters. The summed E-state index contributed by atoms with van der Waals surface area (Å²) in [4.78, 5) is 18.8. The zero-order valence-corrected chi connectivity index (χ0v) is 15.8. The van der Waals surface area contributed by atoms with Crippen molar-refractivity contribution < 1.29 is 18.8 Å². The lowest BCUT2D eigenvalue weighted by molar-refractivity contribution is -0.128. The van der Waals surface area contributed by atoms with Gasteiger partial charge in [0.05, 0.1) is 14.2 Å². The lowest BCUT2D eigenvalue weighted by Gasteiger charge is -2.16. The maximum Gasteiger partial charge on any atom is 0.257 e. The van der Waals surface area contributed by atoms with Crippen LogP contribution in [0, 0.1) is 0 Å². The van der Waals surface area contributed by atoms with Gasteiger partial charge in [-0.05, 0) is 42.0 Å². The molecule has 0 saturated carbocycles. The van der Waals surface area contributed by atoms with Gasteiger partial charge in [0.2, 0.25) is 5.91 Å². The molecule has 7 heteroatoms. The molecule has 144 valence electrons. The summed E-state index contributed by atoms with van der Waals surface area (Å²) in [5, 5.41) is 4.10. The number of benzene rings is 2. The first-order valence-electron chi connectivity index (χ1n) is 9.05. The van der Waals surface area contributed by atoms with Crippen LogP contribution < -0.4 is 9.47 Å². The van der Waals surface area contributed by atoms with Crippen LogP contribution in [0.4, 0.5) is 0 Å². The molecule has 0 radical (unpaired) electrons. The number of carbonyl (C=O) groups is 1. The number of hydrogen-bond acceptors (Lipinski definition) is 6. The Morgan fingerprint density at radius 2 is 1.89 bits per heavy atom. The Morgan fingerprint density at radius 1 is 1.11 bits per heavy atom. The number of amides is 1. The van der Waals surface area contributed by atoms with Crippen molar-refractivity contribution in [1.29, 1.82) is 0 Å². The van der Waals surface area contributed by atoms with Crippen molar-refractivity contribution in [2.45, 2.75) is 18.9 Å². The molecule has 4 rings (SSSR count). The highest BCUT2D eigenvalue weighted by atomic mass is 16.5. The van der Waals surface area contributed by atoms with Gasteiger partial charge in [0.1, 0.15) is 11.5 Å². The van der Waals surface area contributed by atoms with E-state index in [-0.39, 0.29) is 11.8 Å². The second-order valence-electron chi connectivity index (χ2n) is 6.71. The summed E-state index contributed by atoms with van der Waals surface area (Å²) in [6, 6.07) is 15.2. The maximum absolute atomic E-state index is 12.5. The molecule has 28 heavy (non-hydrogen) atoms. The topological polar surface area (TPSA) is 77.7 Å². The molecule has 2 heterocycles. The van der Waals surface area contributed by atoms with Gasteiger partial charge in [-0.2, -0.15) is 4.98 Å². The van der Waals surface area contributed by atoms with Crippen molar-refractivity contribution in [2.24, 2.45) is 0 Å². The third-order valence-electron chi connectivity index (χ3n) is 4.87. The monoisotopic (exact) mass is 379 g/mol. The second kappa shape index (κ2) is 7.72. The van der Waals surface area contributed by atoms with Gasteiger partial charge in [0, 0.05) is 31.0 Å². The van der Waals surface area contributed by atoms with E-state index in [0.717, 1.165) is 22.6 Å². The van der Waals surface area contributed by atoms with E-state index >= 15 is 0 Å². The zero-order valence-electron chi connectivity index (χ0n) is 15.8. The number of hydrogen-bond donors (Lipinski definition) is 0. The number of aromatic nitrogens is 2. The molecule has 0 N–H and O–H groups in total. The average Bonchev–Trinajstić information content (AvgIpc) is 3.36. The van der Waals surface area contributed by atoms with E-state index in [1.807, 2.05) is 53.4 Å². The molecule has 0 spiro atoms. The van der Waals surface area contributed by atoms with E-state index in [4.69, 9.17) is 14.0 Å². The van der Waals surface area contributed by atoms with Crippen LogP contribution in [0.3, 0.4) is 0 Å². The van der Waals surface area contributed by atoms with Crippen molar-refractivity contribution in [3.8, 4) is 23.0 Å². The van der Waals surface area contributed by atoms with Gasteiger partial charge in [-0.25, -0.2) is 0 Å². The van der Waals surface area contributed by atoms with Crippen LogP contribution in [0.25, 0.3) is 11.5 Å². The molecule has 0 aliphatic carbocycles. The summed E-state index contributed by atoms with van der Waals surface area (Å²) >= 11 is 0. The standard InChI is InChI=1S/C21H21N3O4/c1-26-17-8-6-15(7-9-17)21-22-20(23-28-21)16-11-19(25)24(13-16)12-14-4-3-5-18(10-14)27-2/h3-10,16H,11-13H2,1-2H3. The highest BCUT2D eigenvalue weighted by Gasteiger charge is 2.33. The maximum atomic E-state index is 12.5. The third-order valence-corrected chi connectivity index (χ3v) is 4.87. The van der Waals surface area contributed by atoms with Crippen LogP contribution >= 0.6 is 0 Å². The van der Waals surface area contributed by atoms with Crippen LogP contribution in [0.15, 0.2) is 53.1 Å². The van der Waals surface area contributed by atoms with Crippen LogP contribution in [-0.4, -0.2) is 41.7 Å². The minimum atomic E-state index is -0.0751. The summed E-state index contributed by atoms with van der Waals surface area (Å²) < 4.78 is 15.8. The quantitative estimate of drug-likeness (QED) is 0.654. The number of likely N-dealkylation sites (tertiary alicyclic amines) is 1. The molecule has 0 bridgehead atoms. The van der Waals surface area contributed by atoms with Gasteiger partial charge >= 0.3 is 0 Å². The molecule has 1 saturated heterocycles. The molecule has 3 aromatic rings. The number of nitrogens with zero attached hydrogens (tertiary/aromatic N) is 3. The van der Waals surface area contributed by atoms with Gasteiger partial charge in [-0.1, -0.05) is 17.3 Å². The molecule has 2 aromatic carbocycles. The minimum absolute atomic E-state index is 0.0751. The molecule has 1 unspecified atom stereocenters. The van der Waals surface area contributed by atoms with Crippen molar-refractivity contribution in [3.05, 3.63) is 59.9 Å². The van der Waals surface area contributed by atoms with Crippen LogP contribution in [0.5, 0.6) is 11.5 Å². The first-order chi connectivity index (χ1) is 13.7. The van der Waals surface area contributed by atoms with Crippen LogP contribution in [-0.2, 0) is 11.3 Å². The van der Waals surface area contributed by atoms with Crippen LogP contribution in [0.1, 0.15) is 23.7 Å². The smallest absolute Gasteiger partial charge is 0.257 e. The van der Waals surface area contributed by atoms with Gasteiger partial charge in [0.25, 0.3) is 5.89 Å². The SMILES string of the molecule is COc1ccc(-c2nc(C3CC(=O)N(Cc4cccc(OC)c4)C3)no2)cc1. The Bertz CT molecular complexity index is 968. The van der Waals surface area contributed by atoms with Crippen molar-refractivity contribution in [1.82, 2.24) is 15.0 Å². The van der Waals surface area contributed by atoms with Gasteiger partial charge in [-0.3, -0.25) is 4.79 Å². The van der Waals surface area contributed by atoms with E-state index in [1.54, 1.807) is 14.2 Å². The van der Waals surface area contributed by atoms with Crippen molar-refractivity contribution in [2.75, 3.05) is 20.8 Å². The van der Waals surface area contributed by atoms with Crippen molar-refractivity contribution >= 4 is 5.91 Å². The van der Waals surface area contributed by atoms with E-state index < -0.39 is 0 Å². The minimum Gasteiger partial charge on any atom is -0.497 e. The fourth-order valence-corrected chi connectivity index (χ4v) is 3.34. The van der Waals surface area contributed by atoms with Crippen molar-refractivity contribution in [3.63, 3.8) is 0 Å². The molecular formula is C21H21N3O4. The lowest BCUT2D eigenvalue weighted by atomic mass is 10.1. The highest BCUT2D eigenvalue weighted by Crippen LogP contribution is 2.30. The molecular weight excluding hydrogens is 358 g/mol. The van der Waals surface area contributed by atoms with Gasteiger partial charge < -0.3 is 18.9 Å². The Kier molecular flexibility index (Phi) is 4.97. The lowest BCUT2D eigenvalue weighted by Crippen LogP contribution is -2.24. The van der Waals surface area contributed by atoms with Gasteiger partial charge in [0.15, 0.2) is 5.82 Å². The van der Waals surface area contributed by atoms with Crippen LogP contribution in [0.2, 0.25) is 0 Å². The molecule has 1 aromatic heterocycles. The van der Waals surface area contributed by atoms with E-state index in [2.05, 4.69) is 10.1 Å². The number of rotatable bonds is 6. The molecule has 1 fully saturated rings. The van der Waals surface area contributed by atoms with E-state index in [1.165, 1.54) is 0 Å². The largest absolute Gasteiger partial charge is 0.497 e. The van der Waals surface area contributed by atoms with E-state index in [9.17, 15) is 4.79 Å². The molecule has 1 amide bonds. The zero-order chi connectivity index (χ0) is 19.5. The van der Waals surface area contributed by atoms with E-state index in [0.29, 0.717) is 31.2 Å². The summed E-state index contributed by atoms with van der Waals surface area (Å²) in [6.45, 7) is 1.10. The Hall–Kier alpha value is -3.35. The molecule has 1 aliphatic rings. The Balaban J connectivity index is 1.45. The summed E-state index contributed by atoms with van der Waals surface area (Å²) in [5.41, 5.74) is 1.84. The Labute approximate surface area is 162 Å². The fourth-order valence-electron chi connectivity index (χ4n) is 3.34. The second-order valence-corrected chi connectivity index (χ2v) is 6.71. The summed E-state index contributed by atoms with van der Waals surface area (Å²) in [6.07, 6.45) is 0.381. The Morgan fingerprint density at radius 3 is 2.64 bits per heavy atom. The molecule has 1 aliphatic heterocycles. The predicted molar refractivity (Wildman–Crippen MR) is 102 cm³/mol. The predicted octanol–water partition coefficient (Wildman–Crippen LogP) is 3.27. The molecule has 7 nitrogen and oxygen atoms in total. The van der Waals surface area contributed by atoms with Gasteiger partial charge in [-0.15, -0.1) is 0 Å². The first kappa shape index (κ1) is 18.0. The third kappa shape index (κ3) is 3.69. The summed E-state index contributed by atoms with van der Waals surface area (Å²) in [5.74, 6) is 2.56. The number of ether oxygens (including phenoxy) is 2. The summed E-state index contributed by atoms with van der Waals surface area (Å²) in [7, 11) is 3.25. The fraction of sp³-hybridized carbons (Fsp3) is 0.286. The average molecular weight is 379 g/mol. The normalized spacial score (nSPS) is 16.4. The highest BCUT2D eigenvalue weighted by molar-refractivity contribution is 5.79. The first-order valence-corrected chi connectivity index (χ1v) is 9.05. The number of methoxy groups -OCH3 is 2.